The molecule has 0 amide bonds. The lowest BCUT2D eigenvalue weighted by Gasteiger charge is -2.21. The molecule has 0 bridgehead atoms. The molecule has 0 radical (unpaired) electrons. The lowest BCUT2D eigenvalue weighted by atomic mass is 10.0. The average molecular weight is 1460 g/mol. The molecule has 0 aliphatic carbocycles. The second kappa shape index (κ2) is 75.1. The van der Waals surface area contributed by atoms with Gasteiger partial charge in [-0.3, -0.25) is 32.5 Å². The lowest BCUT2D eigenvalue weighted by molar-refractivity contribution is -0.161. The molecule has 5 atom stereocenters. The Morgan fingerprint density at radius 3 is 0.832 bits per heavy atom. The van der Waals surface area contributed by atoms with Crippen molar-refractivity contribution in [2.75, 3.05) is 39.6 Å². The van der Waals surface area contributed by atoms with Crippen molar-refractivity contribution in [1.29, 1.82) is 0 Å². The van der Waals surface area contributed by atoms with Crippen LogP contribution in [0.4, 0.5) is 0 Å². The summed E-state index contributed by atoms with van der Waals surface area (Å²) in [6.45, 7) is 2.39. The normalized spacial score (nSPS) is 14.8. The van der Waals surface area contributed by atoms with Crippen molar-refractivity contribution < 1.29 is 75.8 Å². The molecule has 101 heavy (non-hydrogen) atoms. The van der Waals surface area contributed by atoms with Crippen LogP contribution in [0, 0.1) is 0 Å². The first-order chi connectivity index (χ1) is 49.2. The number of phosphoric ester groups is 2. The van der Waals surface area contributed by atoms with E-state index in [9.17, 15) is 43.5 Å². The highest BCUT2D eigenvalue weighted by molar-refractivity contribution is 7.47. The van der Waals surface area contributed by atoms with E-state index in [1.807, 2.05) is 0 Å². The fourth-order valence-electron chi connectivity index (χ4n) is 10.1. The summed E-state index contributed by atoms with van der Waals surface area (Å²) in [5.41, 5.74) is 0. The molecule has 5 unspecified atom stereocenters. The zero-order valence-electron chi connectivity index (χ0n) is 63.0. The molecule has 0 heterocycles. The second-order valence-corrected chi connectivity index (χ2v) is 28.7. The number of aliphatic hydroxyl groups is 2. The van der Waals surface area contributed by atoms with Gasteiger partial charge in [-0.15, -0.1) is 0 Å². The number of carbonyl (C=O) groups is 3. The molecule has 16 nitrogen and oxygen atoms in total. The van der Waals surface area contributed by atoms with Crippen LogP contribution < -0.4 is 0 Å². The number of hydrogen-bond donors (Lipinski definition) is 4. The lowest BCUT2D eigenvalue weighted by Crippen LogP contribution is -2.30. The minimum atomic E-state index is -4.94. The highest BCUT2D eigenvalue weighted by Gasteiger charge is 2.29. The van der Waals surface area contributed by atoms with Gasteiger partial charge in [-0.05, 0) is 141 Å². The van der Waals surface area contributed by atoms with Crippen molar-refractivity contribution in [3.8, 4) is 0 Å². The summed E-state index contributed by atoms with van der Waals surface area (Å²) in [7, 11) is -9.80. The summed E-state index contributed by atoms with van der Waals surface area (Å²) in [6, 6.07) is 0. The minimum absolute atomic E-state index is 0.0823. The van der Waals surface area contributed by atoms with Crippen LogP contribution in [0.15, 0.2) is 146 Å². The summed E-state index contributed by atoms with van der Waals surface area (Å²) < 4.78 is 61.1. The quantitative estimate of drug-likeness (QED) is 0.0146. The third kappa shape index (κ3) is 76.4. The molecule has 0 saturated carbocycles. The highest BCUT2D eigenvalue weighted by atomic mass is 31.2. The molecular formula is C83H140O16P2. The fourth-order valence-corrected chi connectivity index (χ4v) is 11.7. The van der Waals surface area contributed by atoms with E-state index < -0.39 is 91.5 Å². The van der Waals surface area contributed by atoms with Crippen LogP contribution in [0.3, 0.4) is 0 Å². The van der Waals surface area contributed by atoms with E-state index in [1.165, 1.54) is 70.6 Å². The van der Waals surface area contributed by atoms with E-state index in [0.717, 1.165) is 173 Å². The monoisotopic (exact) mass is 1450 g/mol. The minimum Gasteiger partial charge on any atom is -0.463 e. The van der Waals surface area contributed by atoms with Gasteiger partial charge in [0.1, 0.15) is 25.4 Å². The topological polar surface area (TPSA) is 231 Å². The van der Waals surface area contributed by atoms with Gasteiger partial charge in [0, 0.05) is 19.3 Å². The molecule has 4 N–H and O–H groups in total. The SMILES string of the molecule is CC/C=C\C/C=C\C/C=C\C/C=C\C/C=C\C/C=C\CCCCCCCCCCCCCCC(=O)OCC(O)COP(=O)(O)OCC(O)COP(=O)(O)OCC(COC(=O)CCCCCCCC/C=C\C/C=C\C/C=C\C/C=C\CC)OC(=O)CCCCCCC/C=C\C/C=C\CCCCC. The first-order valence-corrected chi connectivity index (χ1v) is 42.1. The number of carbonyl (C=O) groups excluding carboxylic acids is 3. The van der Waals surface area contributed by atoms with Gasteiger partial charge in [0.25, 0.3) is 0 Å². The number of phosphoric acid groups is 2. The summed E-state index contributed by atoms with van der Waals surface area (Å²) in [4.78, 5) is 58.6. The predicted molar refractivity (Wildman–Crippen MR) is 417 cm³/mol. The van der Waals surface area contributed by atoms with Crippen molar-refractivity contribution in [1.82, 2.24) is 0 Å². The highest BCUT2D eigenvalue weighted by Crippen LogP contribution is 2.45. The Morgan fingerprint density at radius 1 is 0.287 bits per heavy atom. The molecule has 0 fully saturated rings. The maximum atomic E-state index is 12.9. The van der Waals surface area contributed by atoms with Crippen LogP contribution in [0.5, 0.6) is 0 Å². The number of hydrogen-bond acceptors (Lipinski definition) is 14. The molecule has 18 heteroatoms. The summed E-state index contributed by atoms with van der Waals surface area (Å²) in [5, 5.41) is 20.6. The van der Waals surface area contributed by atoms with E-state index in [0.29, 0.717) is 19.3 Å². The third-order valence-corrected chi connectivity index (χ3v) is 17.9. The van der Waals surface area contributed by atoms with E-state index in [1.54, 1.807) is 0 Å². The van der Waals surface area contributed by atoms with E-state index in [4.69, 9.17) is 32.3 Å². The van der Waals surface area contributed by atoms with E-state index in [-0.39, 0.29) is 19.3 Å². The van der Waals surface area contributed by atoms with Crippen LogP contribution in [-0.2, 0) is 55.8 Å². The van der Waals surface area contributed by atoms with E-state index in [2.05, 4.69) is 167 Å². The molecule has 0 aromatic heterocycles. The van der Waals surface area contributed by atoms with Gasteiger partial charge in [0.2, 0.25) is 0 Å². The molecule has 0 aromatic rings. The van der Waals surface area contributed by atoms with Crippen LogP contribution in [0.1, 0.15) is 303 Å². The van der Waals surface area contributed by atoms with Crippen molar-refractivity contribution in [2.24, 2.45) is 0 Å². The Kier molecular flexibility index (Phi) is 71.7. The Hall–Kier alpha value is -4.57. The van der Waals surface area contributed by atoms with Crippen LogP contribution >= 0.6 is 15.6 Å². The molecule has 0 aromatic carbocycles. The van der Waals surface area contributed by atoms with Crippen molar-refractivity contribution in [2.45, 2.75) is 322 Å². The maximum absolute atomic E-state index is 12.9. The Bertz CT molecular complexity index is 2420. The zero-order chi connectivity index (χ0) is 73.7. The molecule has 0 aliphatic heterocycles. The molecule has 0 aliphatic rings. The molecule has 0 spiro atoms. The maximum Gasteiger partial charge on any atom is 0.472 e. The van der Waals surface area contributed by atoms with Gasteiger partial charge in [0.05, 0.1) is 26.4 Å². The molecule has 578 valence electrons. The van der Waals surface area contributed by atoms with E-state index >= 15 is 0 Å². The van der Waals surface area contributed by atoms with Gasteiger partial charge in [-0.2, -0.15) is 0 Å². The number of esters is 3. The van der Waals surface area contributed by atoms with Crippen LogP contribution in [0.2, 0.25) is 0 Å². The Labute approximate surface area is 613 Å². The number of aliphatic hydroxyl groups excluding tert-OH is 2. The fraction of sp³-hybridized carbons (Fsp3) is 0.675. The van der Waals surface area contributed by atoms with Gasteiger partial charge >= 0.3 is 33.6 Å². The average Bonchev–Trinajstić information content (AvgIpc) is 0.980. The first-order valence-electron chi connectivity index (χ1n) is 39.1. The predicted octanol–water partition coefficient (Wildman–Crippen LogP) is 22.9. The summed E-state index contributed by atoms with van der Waals surface area (Å²) in [6.07, 6.45) is 91.8. The largest absolute Gasteiger partial charge is 0.472 e. The molecule has 0 rings (SSSR count). The molecule has 0 saturated heterocycles. The van der Waals surface area contributed by atoms with Gasteiger partial charge < -0.3 is 34.2 Å². The summed E-state index contributed by atoms with van der Waals surface area (Å²) in [5.74, 6) is -1.61. The van der Waals surface area contributed by atoms with Gasteiger partial charge in [-0.1, -0.05) is 289 Å². The number of ether oxygens (including phenoxy) is 3. The number of unbranched alkanes of at least 4 members (excludes halogenated alkanes) is 26. The third-order valence-electron chi connectivity index (χ3n) is 16.0. The standard InChI is InChI=1S/C83H140O16P2/c1-4-7-10-13-16-19-22-25-28-30-32-33-34-35-36-37-38-39-40-41-42-43-45-47-49-51-54-57-60-63-66-69-81(86)93-72-78(84)73-95-100(89,90)96-74-79(85)75-97-101(91,92)98-77-80(99-83(88)71-68-65-62-59-56-53-48-27-24-21-18-15-12-9-6-3)76-94-82(87)70-67-64-61-58-55-52-50-46-44-31-29-26-23-20-17-14-11-8-5-2/h7-8,10-11,16-21,25-29,32-33,35-36,38-39,44,46,48,78-80,84-85H,4-6,9,12-15,22-24,30-31,34,37,40-43,45,47,49-77H2,1-3H3,(H,89,90)(H,91,92)/b10-7-,11-8-,19-16-,20-17-,21-18-,28-25-,29-26-,33-32-,36-35-,39-38-,46-44-,48-27-. The Balaban J connectivity index is 4.51. The summed E-state index contributed by atoms with van der Waals surface area (Å²) >= 11 is 0. The van der Waals surface area contributed by atoms with Crippen molar-refractivity contribution >= 4 is 33.6 Å². The van der Waals surface area contributed by atoms with Gasteiger partial charge in [0.15, 0.2) is 6.10 Å². The number of allylic oxidation sites excluding steroid dienone is 24. The van der Waals surface area contributed by atoms with Crippen molar-refractivity contribution in [3.63, 3.8) is 0 Å². The second-order valence-electron chi connectivity index (χ2n) is 25.7. The first kappa shape index (κ1) is 96.4. The van der Waals surface area contributed by atoms with Crippen LogP contribution in [0.25, 0.3) is 0 Å². The number of rotatable bonds is 73. The van der Waals surface area contributed by atoms with Crippen molar-refractivity contribution in [3.05, 3.63) is 146 Å². The Morgan fingerprint density at radius 2 is 0.525 bits per heavy atom. The zero-order valence-corrected chi connectivity index (χ0v) is 64.8. The van der Waals surface area contributed by atoms with Gasteiger partial charge in [-0.25, -0.2) is 9.13 Å². The van der Waals surface area contributed by atoms with Crippen LogP contribution in [-0.4, -0.2) is 95.9 Å². The smallest absolute Gasteiger partial charge is 0.463 e. The molecular weight excluding hydrogens is 1310 g/mol.